The highest BCUT2D eigenvalue weighted by Gasteiger charge is 2.14. The first-order valence-electron chi connectivity index (χ1n) is 5.57. The van der Waals surface area contributed by atoms with E-state index in [1.54, 1.807) is 6.07 Å². The average molecular weight is 293 g/mol. The molecule has 0 amide bonds. The average Bonchev–Trinajstić information content (AvgIpc) is 2.46. The number of benzene rings is 1. The maximum Gasteiger partial charge on any atom is 0.335 e. The molecule has 0 aliphatic rings. The summed E-state index contributed by atoms with van der Waals surface area (Å²) in [5.74, 6) is -1.11. The molecule has 0 radical (unpaired) electrons. The topological polar surface area (TPSA) is 109 Å². The largest absolute Gasteiger partial charge is 0.478 e. The number of carboxylic acid groups (broad SMARTS) is 1. The number of rotatable bonds is 5. The minimum absolute atomic E-state index is 0.00319. The van der Waals surface area contributed by atoms with Gasteiger partial charge in [0.2, 0.25) is 10.0 Å². The van der Waals surface area contributed by atoms with E-state index in [4.69, 9.17) is 5.11 Å². The van der Waals surface area contributed by atoms with E-state index in [1.165, 1.54) is 36.8 Å². The summed E-state index contributed by atoms with van der Waals surface area (Å²) >= 11 is 0. The van der Waals surface area contributed by atoms with Crippen LogP contribution in [0.25, 0.3) is 0 Å². The van der Waals surface area contributed by atoms with Gasteiger partial charge in [-0.2, -0.15) is 0 Å². The highest BCUT2D eigenvalue weighted by molar-refractivity contribution is 7.89. The number of aromatic nitrogens is 2. The van der Waals surface area contributed by atoms with Crippen molar-refractivity contribution in [1.82, 2.24) is 14.7 Å². The van der Waals surface area contributed by atoms with Crippen molar-refractivity contribution in [2.45, 2.75) is 11.4 Å². The Labute approximate surface area is 115 Å². The van der Waals surface area contributed by atoms with Crippen LogP contribution in [0.4, 0.5) is 0 Å². The molecule has 0 aliphatic heterocycles. The molecule has 0 spiro atoms. The van der Waals surface area contributed by atoms with E-state index in [0.717, 1.165) is 0 Å². The van der Waals surface area contributed by atoms with Gasteiger partial charge in [0, 0.05) is 6.20 Å². The summed E-state index contributed by atoms with van der Waals surface area (Å²) in [5.41, 5.74) is 0.561. The molecular formula is C12H11N3O4S. The van der Waals surface area contributed by atoms with Gasteiger partial charge in [-0.15, -0.1) is 0 Å². The third-order valence-electron chi connectivity index (χ3n) is 2.50. The summed E-state index contributed by atoms with van der Waals surface area (Å²) in [4.78, 5) is 18.3. The highest BCUT2D eigenvalue weighted by Crippen LogP contribution is 2.11. The lowest BCUT2D eigenvalue weighted by Crippen LogP contribution is -2.23. The van der Waals surface area contributed by atoms with E-state index in [9.17, 15) is 13.2 Å². The number of aromatic carboxylic acids is 1. The number of nitrogens with one attached hydrogen (secondary N) is 1. The number of carbonyl (C=O) groups is 1. The van der Waals surface area contributed by atoms with Gasteiger partial charge in [0.15, 0.2) is 0 Å². The fourth-order valence-electron chi connectivity index (χ4n) is 1.45. The van der Waals surface area contributed by atoms with Crippen LogP contribution in [-0.4, -0.2) is 29.5 Å². The molecule has 7 nitrogen and oxygen atoms in total. The normalized spacial score (nSPS) is 11.2. The minimum Gasteiger partial charge on any atom is -0.478 e. The number of sulfonamides is 1. The summed E-state index contributed by atoms with van der Waals surface area (Å²) in [5, 5.41) is 8.75. The first-order valence-corrected chi connectivity index (χ1v) is 7.05. The predicted octanol–water partition coefficient (Wildman–Crippen LogP) is 0.653. The van der Waals surface area contributed by atoms with Gasteiger partial charge >= 0.3 is 5.97 Å². The first-order chi connectivity index (χ1) is 9.49. The molecule has 1 aromatic carbocycles. The van der Waals surface area contributed by atoms with Crippen molar-refractivity contribution in [3.05, 3.63) is 54.1 Å². The molecule has 2 aromatic rings. The second-order valence-corrected chi connectivity index (χ2v) is 5.62. The molecule has 104 valence electrons. The minimum atomic E-state index is -3.70. The molecule has 0 bridgehead atoms. The Morgan fingerprint density at radius 3 is 2.45 bits per heavy atom. The third kappa shape index (κ3) is 3.37. The van der Waals surface area contributed by atoms with Gasteiger partial charge in [0.05, 0.1) is 22.7 Å². The van der Waals surface area contributed by atoms with Crippen LogP contribution in [0.15, 0.2) is 47.8 Å². The number of hydrogen-bond donors (Lipinski definition) is 2. The van der Waals surface area contributed by atoms with Gasteiger partial charge in [0.25, 0.3) is 0 Å². The zero-order chi connectivity index (χ0) is 14.6. The van der Waals surface area contributed by atoms with Crippen LogP contribution < -0.4 is 4.72 Å². The van der Waals surface area contributed by atoms with Crippen LogP contribution in [0.3, 0.4) is 0 Å². The van der Waals surface area contributed by atoms with E-state index < -0.39 is 16.0 Å². The second-order valence-electron chi connectivity index (χ2n) is 3.85. The fourth-order valence-corrected chi connectivity index (χ4v) is 2.45. The fraction of sp³-hybridized carbons (Fsp3) is 0.0833. The van der Waals surface area contributed by atoms with E-state index >= 15 is 0 Å². The number of carboxylic acids is 1. The van der Waals surface area contributed by atoms with Crippen molar-refractivity contribution in [3.63, 3.8) is 0 Å². The van der Waals surface area contributed by atoms with Gasteiger partial charge in [-0.05, 0) is 30.3 Å². The Kier molecular flexibility index (Phi) is 4.06. The zero-order valence-electron chi connectivity index (χ0n) is 10.2. The van der Waals surface area contributed by atoms with Crippen LogP contribution in [0.5, 0.6) is 0 Å². The van der Waals surface area contributed by atoms with Gasteiger partial charge in [0.1, 0.15) is 6.33 Å². The molecule has 1 heterocycles. The first kappa shape index (κ1) is 14.1. The maximum atomic E-state index is 12.0. The molecule has 0 aliphatic carbocycles. The highest BCUT2D eigenvalue weighted by atomic mass is 32.2. The van der Waals surface area contributed by atoms with Gasteiger partial charge in [-0.3, -0.25) is 0 Å². The summed E-state index contributed by atoms with van der Waals surface area (Å²) in [6, 6.07) is 6.55. The Morgan fingerprint density at radius 2 is 1.90 bits per heavy atom. The third-order valence-corrected chi connectivity index (χ3v) is 3.92. The molecule has 0 unspecified atom stereocenters. The summed E-state index contributed by atoms with van der Waals surface area (Å²) in [7, 11) is -3.70. The van der Waals surface area contributed by atoms with Crippen molar-refractivity contribution >= 4 is 16.0 Å². The van der Waals surface area contributed by atoms with Crippen molar-refractivity contribution in [1.29, 1.82) is 0 Å². The van der Waals surface area contributed by atoms with Gasteiger partial charge in [-0.25, -0.2) is 27.9 Å². The number of hydrogen-bond acceptors (Lipinski definition) is 5. The Morgan fingerprint density at radius 1 is 1.20 bits per heavy atom. The smallest absolute Gasteiger partial charge is 0.335 e. The molecule has 2 N–H and O–H groups in total. The molecule has 20 heavy (non-hydrogen) atoms. The summed E-state index contributed by atoms with van der Waals surface area (Å²) < 4.78 is 26.3. The molecule has 0 fully saturated rings. The molecule has 1 aromatic heterocycles. The number of nitrogens with zero attached hydrogens (tertiary/aromatic N) is 2. The molecular weight excluding hydrogens is 282 g/mol. The molecule has 2 rings (SSSR count). The van der Waals surface area contributed by atoms with Crippen LogP contribution in [0.1, 0.15) is 16.1 Å². The predicted molar refractivity (Wildman–Crippen MR) is 69.5 cm³/mol. The van der Waals surface area contributed by atoms with E-state index in [1.807, 2.05) is 0 Å². The van der Waals surface area contributed by atoms with Crippen molar-refractivity contribution < 1.29 is 18.3 Å². The maximum absolute atomic E-state index is 12.0. The van der Waals surface area contributed by atoms with Crippen LogP contribution in [0, 0.1) is 0 Å². The SMILES string of the molecule is O=C(O)c1ccc(S(=O)(=O)NCc2ccncn2)cc1. The quantitative estimate of drug-likeness (QED) is 0.837. The lowest BCUT2D eigenvalue weighted by Gasteiger charge is -2.06. The Hall–Kier alpha value is -2.32. The molecule has 0 saturated carbocycles. The Bertz CT molecular complexity index is 699. The monoisotopic (exact) mass is 293 g/mol. The van der Waals surface area contributed by atoms with Crippen molar-refractivity contribution in [3.8, 4) is 0 Å². The van der Waals surface area contributed by atoms with Gasteiger partial charge < -0.3 is 5.11 Å². The Balaban J connectivity index is 2.12. The zero-order valence-corrected chi connectivity index (χ0v) is 11.0. The van der Waals surface area contributed by atoms with Crippen molar-refractivity contribution in [2.75, 3.05) is 0 Å². The summed E-state index contributed by atoms with van der Waals surface area (Å²) in [6.07, 6.45) is 2.84. The van der Waals surface area contributed by atoms with Crippen molar-refractivity contribution in [2.24, 2.45) is 0 Å². The molecule has 0 atom stereocenters. The molecule has 8 heteroatoms. The standard InChI is InChI=1S/C12H11N3O4S/c16-12(17)9-1-3-11(4-2-9)20(18,19)15-7-10-5-6-13-8-14-10/h1-6,8,15H,7H2,(H,16,17). The summed E-state index contributed by atoms with van der Waals surface area (Å²) in [6.45, 7) is 0.0333. The lowest BCUT2D eigenvalue weighted by molar-refractivity contribution is 0.0696. The lowest BCUT2D eigenvalue weighted by atomic mass is 10.2. The van der Waals surface area contributed by atoms with Gasteiger partial charge in [-0.1, -0.05) is 0 Å². The van der Waals surface area contributed by atoms with E-state index in [0.29, 0.717) is 5.69 Å². The van der Waals surface area contributed by atoms with E-state index in [-0.39, 0.29) is 17.0 Å². The van der Waals surface area contributed by atoms with Crippen LogP contribution in [0.2, 0.25) is 0 Å². The van der Waals surface area contributed by atoms with Crippen LogP contribution >= 0.6 is 0 Å². The second kappa shape index (κ2) is 5.76. The van der Waals surface area contributed by atoms with Crippen LogP contribution in [-0.2, 0) is 16.6 Å². The van der Waals surface area contributed by atoms with E-state index in [2.05, 4.69) is 14.7 Å². The molecule has 0 saturated heterocycles.